The second-order valence-corrected chi connectivity index (χ2v) is 6.14. The van der Waals surface area contributed by atoms with Crippen molar-refractivity contribution < 1.29 is 10.0 Å². The summed E-state index contributed by atoms with van der Waals surface area (Å²) < 4.78 is 0. The molecule has 24 heavy (non-hydrogen) atoms. The van der Waals surface area contributed by atoms with Crippen molar-refractivity contribution in [2.24, 2.45) is 0 Å². The monoisotopic (exact) mass is 385 g/mol. The van der Waals surface area contributed by atoms with Gasteiger partial charge in [-0.1, -0.05) is 23.2 Å². The highest BCUT2D eigenvalue weighted by Crippen LogP contribution is 2.22. The van der Waals surface area contributed by atoms with Crippen LogP contribution in [0.5, 0.6) is 0 Å². The van der Waals surface area contributed by atoms with Gasteiger partial charge in [-0.3, -0.25) is 10.1 Å². The minimum atomic E-state index is -0.867. The molecule has 0 aliphatic heterocycles. The van der Waals surface area contributed by atoms with Crippen LogP contribution < -0.4 is 10.6 Å². The minimum absolute atomic E-state index is 0.0334. The lowest BCUT2D eigenvalue weighted by molar-refractivity contribution is -0.384. The summed E-state index contributed by atoms with van der Waals surface area (Å²) in [6.45, 7) is 0.137. The van der Waals surface area contributed by atoms with E-state index in [-0.39, 0.29) is 17.3 Å². The summed E-state index contributed by atoms with van der Waals surface area (Å²) >= 11 is 16.9. The number of anilines is 1. The Bertz CT molecular complexity index is 736. The highest BCUT2D eigenvalue weighted by molar-refractivity contribution is 7.80. The van der Waals surface area contributed by atoms with Crippen molar-refractivity contribution in [3.63, 3.8) is 0 Å². The summed E-state index contributed by atoms with van der Waals surface area (Å²) in [6.07, 6.45) is -0.867. The first kappa shape index (κ1) is 18.4. The van der Waals surface area contributed by atoms with E-state index in [2.05, 4.69) is 10.6 Å². The van der Waals surface area contributed by atoms with Crippen LogP contribution in [-0.2, 0) is 0 Å². The summed E-state index contributed by atoms with van der Waals surface area (Å²) in [7, 11) is 0. The zero-order valence-corrected chi connectivity index (χ0v) is 14.5. The van der Waals surface area contributed by atoms with E-state index in [0.29, 0.717) is 21.3 Å². The van der Waals surface area contributed by atoms with Gasteiger partial charge in [0, 0.05) is 34.4 Å². The number of rotatable bonds is 5. The van der Waals surface area contributed by atoms with E-state index < -0.39 is 11.0 Å². The molecule has 0 aliphatic rings. The van der Waals surface area contributed by atoms with Crippen LogP contribution in [0.4, 0.5) is 11.4 Å². The molecule has 1 atom stereocenters. The fraction of sp³-hybridized carbons (Fsp3) is 0.133. The van der Waals surface area contributed by atoms with Gasteiger partial charge in [0.15, 0.2) is 5.11 Å². The van der Waals surface area contributed by atoms with E-state index >= 15 is 0 Å². The second kappa shape index (κ2) is 8.25. The third-order valence-corrected chi connectivity index (χ3v) is 3.75. The van der Waals surface area contributed by atoms with Crippen molar-refractivity contribution in [1.29, 1.82) is 0 Å². The van der Waals surface area contributed by atoms with Crippen LogP contribution in [0, 0.1) is 10.1 Å². The van der Waals surface area contributed by atoms with Crippen LogP contribution in [0.15, 0.2) is 42.5 Å². The van der Waals surface area contributed by atoms with Gasteiger partial charge in [-0.25, -0.2) is 0 Å². The third-order valence-electron chi connectivity index (χ3n) is 3.07. The summed E-state index contributed by atoms with van der Waals surface area (Å²) in [5.74, 6) is 0. The van der Waals surface area contributed by atoms with E-state index in [1.54, 1.807) is 18.2 Å². The fourth-order valence-corrected chi connectivity index (χ4v) is 2.65. The predicted molar refractivity (Wildman–Crippen MR) is 98.7 cm³/mol. The molecule has 0 saturated carbocycles. The molecule has 0 spiro atoms. The first-order valence-corrected chi connectivity index (χ1v) is 7.95. The van der Waals surface area contributed by atoms with Gasteiger partial charge in [-0.05, 0) is 48.1 Å². The molecular weight excluding hydrogens is 373 g/mol. The molecule has 0 aromatic heterocycles. The average molecular weight is 386 g/mol. The Hall–Kier alpha value is -1.93. The molecule has 0 fully saturated rings. The number of non-ortho nitro benzene ring substituents is 1. The molecule has 0 amide bonds. The van der Waals surface area contributed by atoms with Crippen molar-refractivity contribution >= 4 is 51.9 Å². The molecular formula is C15H13Cl2N3O3S. The van der Waals surface area contributed by atoms with Gasteiger partial charge < -0.3 is 15.7 Å². The van der Waals surface area contributed by atoms with E-state index in [1.165, 1.54) is 24.3 Å². The van der Waals surface area contributed by atoms with Crippen LogP contribution in [-0.4, -0.2) is 21.7 Å². The topological polar surface area (TPSA) is 87.4 Å². The van der Waals surface area contributed by atoms with Crippen LogP contribution >= 0.6 is 35.4 Å². The van der Waals surface area contributed by atoms with Crippen molar-refractivity contribution in [2.45, 2.75) is 6.10 Å². The number of nitro groups is 1. The van der Waals surface area contributed by atoms with Crippen molar-refractivity contribution in [3.8, 4) is 0 Å². The molecule has 6 nitrogen and oxygen atoms in total. The highest BCUT2D eigenvalue weighted by Gasteiger charge is 2.11. The quantitative estimate of drug-likeness (QED) is 0.410. The van der Waals surface area contributed by atoms with Crippen LogP contribution in [0.2, 0.25) is 10.0 Å². The van der Waals surface area contributed by atoms with Crippen molar-refractivity contribution in [2.75, 3.05) is 11.9 Å². The Kier molecular flexibility index (Phi) is 6.33. The average Bonchev–Trinajstić information content (AvgIpc) is 2.51. The van der Waals surface area contributed by atoms with Crippen LogP contribution in [0.25, 0.3) is 0 Å². The van der Waals surface area contributed by atoms with Crippen molar-refractivity contribution in [3.05, 3.63) is 68.2 Å². The van der Waals surface area contributed by atoms with Gasteiger partial charge in [-0.2, -0.15) is 0 Å². The summed E-state index contributed by atoms with van der Waals surface area (Å²) in [6, 6.07) is 10.6. The molecule has 0 unspecified atom stereocenters. The van der Waals surface area contributed by atoms with Gasteiger partial charge in [0.05, 0.1) is 11.0 Å². The minimum Gasteiger partial charge on any atom is -0.387 e. The molecule has 0 radical (unpaired) electrons. The van der Waals surface area contributed by atoms with E-state index in [1.807, 2.05) is 0 Å². The maximum Gasteiger partial charge on any atom is 0.269 e. The Morgan fingerprint density at radius 3 is 2.33 bits per heavy atom. The summed E-state index contributed by atoms with van der Waals surface area (Å²) in [5, 5.41) is 27.7. The number of aliphatic hydroxyl groups is 1. The Labute approximate surface area is 153 Å². The Morgan fingerprint density at radius 2 is 1.79 bits per heavy atom. The Balaban J connectivity index is 1.89. The lowest BCUT2D eigenvalue weighted by Gasteiger charge is -2.15. The molecule has 2 rings (SSSR count). The molecule has 126 valence electrons. The van der Waals surface area contributed by atoms with Gasteiger partial charge in [0.25, 0.3) is 5.69 Å². The number of nitrogens with zero attached hydrogens (tertiary/aromatic N) is 1. The number of hydrogen-bond acceptors (Lipinski definition) is 4. The van der Waals surface area contributed by atoms with Gasteiger partial charge >= 0.3 is 0 Å². The predicted octanol–water partition coefficient (Wildman–Crippen LogP) is 3.92. The number of nitro benzene ring substituents is 1. The number of thiocarbonyl (C=S) groups is 1. The summed E-state index contributed by atoms with van der Waals surface area (Å²) in [5.41, 5.74) is 1.13. The van der Waals surface area contributed by atoms with E-state index in [9.17, 15) is 15.2 Å². The number of halogens is 2. The lowest BCUT2D eigenvalue weighted by atomic mass is 10.1. The lowest BCUT2D eigenvalue weighted by Crippen LogP contribution is -2.32. The number of hydrogen-bond donors (Lipinski definition) is 3. The largest absolute Gasteiger partial charge is 0.387 e. The molecule has 2 aromatic rings. The van der Waals surface area contributed by atoms with Crippen LogP contribution in [0.3, 0.4) is 0 Å². The number of benzene rings is 2. The third kappa shape index (κ3) is 5.31. The SMILES string of the molecule is O=[N+]([O-])c1ccc([C@H](O)CNC(=S)Nc2cc(Cl)cc(Cl)c2)cc1. The first-order chi connectivity index (χ1) is 11.3. The molecule has 2 aromatic carbocycles. The second-order valence-electron chi connectivity index (χ2n) is 4.86. The molecule has 0 bridgehead atoms. The zero-order valence-electron chi connectivity index (χ0n) is 12.2. The van der Waals surface area contributed by atoms with E-state index in [0.717, 1.165) is 0 Å². The molecule has 0 heterocycles. The number of nitrogens with one attached hydrogen (secondary N) is 2. The molecule has 0 saturated heterocycles. The standard InChI is InChI=1S/C15H13Cl2N3O3S/c16-10-5-11(17)7-12(6-10)19-15(24)18-8-14(21)9-1-3-13(4-2-9)20(22)23/h1-7,14,21H,8H2,(H2,18,19,24)/t14-/m1/s1. The first-order valence-electron chi connectivity index (χ1n) is 6.78. The highest BCUT2D eigenvalue weighted by atomic mass is 35.5. The fourth-order valence-electron chi connectivity index (χ4n) is 1.93. The van der Waals surface area contributed by atoms with Crippen molar-refractivity contribution in [1.82, 2.24) is 5.32 Å². The van der Waals surface area contributed by atoms with Crippen LogP contribution in [0.1, 0.15) is 11.7 Å². The Morgan fingerprint density at radius 1 is 1.21 bits per heavy atom. The maximum absolute atomic E-state index is 10.6. The molecule has 3 N–H and O–H groups in total. The molecule has 9 heteroatoms. The van der Waals surface area contributed by atoms with Gasteiger partial charge in [0.2, 0.25) is 0 Å². The normalized spacial score (nSPS) is 11.6. The van der Waals surface area contributed by atoms with Gasteiger partial charge in [-0.15, -0.1) is 0 Å². The maximum atomic E-state index is 10.6. The smallest absolute Gasteiger partial charge is 0.269 e. The number of aliphatic hydroxyl groups excluding tert-OH is 1. The summed E-state index contributed by atoms with van der Waals surface area (Å²) in [4.78, 5) is 10.1. The zero-order chi connectivity index (χ0) is 17.7. The van der Waals surface area contributed by atoms with E-state index in [4.69, 9.17) is 35.4 Å². The molecule has 0 aliphatic carbocycles. The van der Waals surface area contributed by atoms with Gasteiger partial charge in [0.1, 0.15) is 0 Å².